The molecule has 1 unspecified atom stereocenters. The molecule has 3 N–H and O–H groups in total. The fourth-order valence-corrected chi connectivity index (χ4v) is 2.78. The van der Waals surface area contributed by atoms with Gasteiger partial charge >= 0.3 is 6.03 Å². The number of carbonyl (C=O) groups is 2. The van der Waals surface area contributed by atoms with Gasteiger partial charge in [0.05, 0.1) is 0 Å². The summed E-state index contributed by atoms with van der Waals surface area (Å²) < 4.78 is 0. The van der Waals surface area contributed by atoms with Crippen molar-refractivity contribution in [1.29, 1.82) is 0 Å². The van der Waals surface area contributed by atoms with Crippen molar-refractivity contribution in [1.82, 2.24) is 15.5 Å². The topological polar surface area (TPSA) is 73.5 Å². The van der Waals surface area contributed by atoms with E-state index in [9.17, 15) is 9.59 Å². The summed E-state index contributed by atoms with van der Waals surface area (Å²) in [5.74, 6) is 0.589. The first-order chi connectivity index (χ1) is 11.0. The molecule has 3 amide bonds. The van der Waals surface area contributed by atoms with Crippen molar-refractivity contribution in [3.8, 4) is 0 Å². The van der Waals surface area contributed by atoms with Crippen LogP contribution in [-0.4, -0.2) is 49.6 Å². The van der Waals surface area contributed by atoms with Gasteiger partial charge in [-0.05, 0) is 64.0 Å². The number of urea groups is 1. The van der Waals surface area contributed by atoms with Gasteiger partial charge in [0.25, 0.3) is 5.91 Å². The van der Waals surface area contributed by atoms with Crippen LogP contribution >= 0.6 is 12.4 Å². The number of anilines is 1. The number of nitrogens with one attached hydrogen (secondary N) is 3. The average molecular weight is 355 g/mol. The molecule has 1 aliphatic heterocycles. The molecule has 0 radical (unpaired) electrons. The van der Waals surface area contributed by atoms with Crippen LogP contribution < -0.4 is 16.0 Å². The van der Waals surface area contributed by atoms with E-state index in [0.717, 1.165) is 26.1 Å². The van der Waals surface area contributed by atoms with Crippen molar-refractivity contribution in [2.75, 3.05) is 32.0 Å². The third-order valence-electron chi connectivity index (χ3n) is 3.88. The van der Waals surface area contributed by atoms with Crippen LogP contribution in [0.4, 0.5) is 10.5 Å². The molecule has 0 aromatic heterocycles. The summed E-state index contributed by atoms with van der Waals surface area (Å²) in [4.78, 5) is 26.0. The highest BCUT2D eigenvalue weighted by Gasteiger charge is 2.26. The fourth-order valence-electron chi connectivity index (χ4n) is 2.78. The summed E-state index contributed by atoms with van der Waals surface area (Å²) >= 11 is 0. The van der Waals surface area contributed by atoms with Crippen LogP contribution in [0.2, 0.25) is 0 Å². The predicted octanol–water partition coefficient (Wildman–Crippen LogP) is 2.32. The first kappa shape index (κ1) is 20.3. The van der Waals surface area contributed by atoms with Crippen LogP contribution in [0.15, 0.2) is 24.3 Å². The second-order valence-electron chi connectivity index (χ2n) is 6.29. The van der Waals surface area contributed by atoms with Crippen molar-refractivity contribution in [2.24, 2.45) is 5.92 Å². The molecule has 1 heterocycles. The lowest BCUT2D eigenvalue weighted by Crippen LogP contribution is -2.34. The Morgan fingerprint density at radius 3 is 2.50 bits per heavy atom. The SMILES string of the molecule is CNCC1CCN(C(=O)c2ccc(NC(=O)NC(C)C)cc2)C1.Cl. The lowest BCUT2D eigenvalue weighted by molar-refractivity contribution is 0.0787. The Hall–Kier alpha value is -1.79. The zero-order valence-electron chi connectivity index (χ0n) is 14.5. The number of hydrogen-bond donors (Lipinski definition) is 3. The molecule has 1 atom stereocenters. The Kier molecular flexibility index (Phi) is 8.01. The van der Waals surface area contributed by atoms with E-state index in [2.05, 4.69) is 16.0 Å². The Labute approximate surface area is 149 Å². The predicted molar refractivity (Wildman–Crippen MR) is 98.9 cm³/mol. The zero-order valence-corrected chi connectivity index (χ0v) is 15.3. The molecule has 7 heteroatoms. The fraction of sp³-hybridized carbons (Fsp3) is 0.529. The van der Waals surface area contributed by atoms with E-state index in [0.29, 0.717) is 17.2 Å². The summed E-state index contributed by atoms with van der Waals surface area (Å²) in [6.07, 6.45) is 1.04. The van der Waals surface area contributed by atoms with Crippen molar-refractivity contribution >= 4 is 30.0 Å². The molecule has 2 rings (SSSR count). The average Bonchev–Trinajstić information content (AvgIpc) is 2.95. The quantitative estimate of drug-likeness (QED) is 0.759. The van der Waals surface area contributed by atoms with Crippen LogP contribution in [0.25, 0.3) is 0 Å². The maximum Gasteiger partial charge on any atom is 0.319 e. The van der Waals surface area contributed by atoms with E-state index >= 15 is 0 Å². The van der Waals surface area contributed by atoms with E-state index in [1.165, 1.54) is 0 Å². The summed E-state index contributed by atoms with van der Waals surface area (Å²) in [7, 11) is 1.94. The number of benzene rings is 1. The van der Waals surface area contributed by atoms with E-state index in [-0.39, 0.29) is 30.4 Å². The van der Waals surface area contributed by atoms with Gasteiger partial charge in [0.2, 0.25) is 0 Å². The van der Waals surface area contributed by atoms with E-state index < -0.39 is 0 Å². The van der Waals surface area contributed by atoms with Gasteiger partial charge in [0.1, 0.15) is 0 Å². The third kappa shape index (κ3) is 5.69. The van der Waals surface area contributed by atoms with Gasteiger partial charge < -0.3 is 20.9 Å². The summed E-state index contributed by atoms with van der Waals surface area (Å²) in [6, 6.07) is 6.88. The Morgan fingerprint density at radius 1 is 1.25 bits per heavy atom. The highest BCUT2D eigenvalue weighted by molar-refractivity contribution is 5.95. The highest BCUT2D eigenvalue weighted by atomic mass is 35.5. The van der Waals surface area contributed by atoms with Crippen LogP contribution in [0.3, 0.4) is 0 Å². The molecule has 24 heavy (non-hydrogen) atoms. The Morgan fingerprint density at radius 2 is 1.92 bits per heavy atom. The summed E-state index contributed by atoms with van der Waals surface area (Å²) in [5, 5.41) is 8.67. The van der Waals surface area contributed by atoms with Crippen LogP contribution in [0.5, 0.6) is 0 Å². The molecule has 134 valence electrons. The molecule has 1 fully saturated rings. The van der Waals surface area contributed by atoms with Crippen molar-refractivity contribution in [2.45, 2.75) is 26.3 Å². The monoisotopic (exact) mass is 354 g/mol. The van der Waals surface area contributed by atoms with Crippen LogP contribution in [0, 0.1) is 5.92 Å². The lowest BCUT2D eigenvalue weighted by Gasteiger charge is -2.17. The molecule has 0 saturated carbocycles. The molecule has 1 aromatic rings. The Balaban J connectivity index is 0.00000288. The second kappa shape index (κ2) is 9.49. The molecule has 1 aromatic carbocycles. The van der Waals surface area contributed by atoms with Gasteiger partial charge in [0, 0.05) is 30.4 Å². The first-order valence-electron chi connectivity index (χ1n) is 8.11. The van der Waals surface area contributed by atoms with Crippen LogP contribution in [-0.2, 0) is 0 Å². The van der Waals surface area contributed by atoms with Gasteiger partial charge in [-0.25, -0.2) is 4.79 Å². The highest BCUT2D eigenvalue weighted by Crippen LogP contribution is 2.19. The molecule has 1 aliphatic rings. The maximum absolute atomic E-state index is 12.5. The van der Waals surface area contributed by atoms with Gasteiger partial charge in [0.15, 0.2) is 0 Å². The summed E-state index contributed by atoms with van der Waals surface area (Å²) in [6.45, 7) is 6.35. The number of amides is 3. The molecule has 0 spiro atoms. The molecule has 0 bridgehead atoms. The van der Waals surface area contributed by atoms with Gasteiger partial charge in [-0.2, -0.15) is 0 Å². The number of hydrogen-bond acceptors (Lipinski definition) is 3. The summed E-state index contributed by atoms with van der Waals surface area (Å²) in [5.41, 5.74) is 1.33. The molecule has 1 saturated heterocycles. The maximum atomic E-state index is 12.5. The van der Waals surface area contributed by atoms with Gasteiger partial charge in [-0.3, -0.25) is 4.79 Å². The Bertz CT molecular complexity index is 548. The van der Waals surface area contributed by atoms with Crippen molar-refractivity contribution in [3.63, 3.8) is 0 Å². The number of halogens is 1. The number of carbonyl (C=O) groups excluding carboxylic acids is 2. The largest absolute Gasteiger partial charge is 0.338 e. The number of likely N-dealkylation sites (tertiary alicyclic amines) is 1. The standard InChI is InChI=1S/C17H26N4O2.ClH/c1-12(2)19-17(23)20-15-6-4-14(5-7-15)16(22)21-9-8-13(11-21)10-18-3;/h4-7,12-13,18H,8-11H2,1-3H3,(H2,19,20,23);1H. The van der Waals surface area contributed by atoms with Crippen molar-refractivity contribution in [3.05, 3.63) is 29.8 Å². The second-order valence-corrected chi connectivity index (χ2v) is 6.29. The van der Waals surface area contributed by atoms with Crippen LogP contribution in [0.1, 0.15) is 30.6 Å². The minimum absolute atomic E-state index is 0. The minimum Gasteiger partial charge on any atom is -0.338 e. The van der Waals surface area contributed by atoms with E-state index in [1.54, 1.807) is 24.3 Å². The zero-order chi connectivity index (χ0) is 16.8. The molecular weight excluding hydrogens is 328 g/mol. The number of rotatable bonds is 5. The molecule has 0 aliphatic carbocycles. The van der Waals surface area contributed by atoms with Gasteiger partial charge in [-0.15, -0.1) is 12.4 Å². The third-order valence-corrected chi connectivity index (χ3v) is 3.88. The van der Waals surface area contributed by atoms with E-state index in [1.807, 2.05) is 25.8 Å². The van der Waals surface area contributed by atoms with E-state index in [4.69, 9.17) is 0 Å². The van der Waals surface area contributed by atoms with Gasteiger partial charge in [-0.1, -0.05) is 0 Å². The number of nitrogens with zero attached hydrogens (tertiary/aromatic N) is 1. The normalized spacial score (nSPS) is 16.7. The van der Waals surface area contributed by atoms with Crippen molar-refractivity contribution < 1.29 is 9.59 Å². The first-order valence-corrected chi connectivity index (χ1v) is 8.11. The minimum atomic E-state index is -0.242. The smallest absolute Gasteiger partial charge is 0.319 e. The molecule has 6 nitrogen and oxygen atoms in total. The lowest BCUT2D eigenvalue weighted by atomic mass is 10.1. The molecular formula is C17H27ClN4O2.